The highest BCUT2D eigenvalue weighted by Gasteiger charge is 2.29. The minimum absolute atomic E-state index is 0.0581. The molecule has 0 N–H and O–H groups in total. The molecule has 0 aromatic carbocycles. The van der Waals surface area contributed by atoms with Crippen molar-refractivity contribution in [2.24, 2.45) is 5.92 Å². The molecule has 0 spiro atoms. The average Bonchev–Trinajstić information content (AvgIpc) is 2.66. The molecule has 1 aromatic heterocycles. The minimum Gasteiger partial charge on any atom is -0.466 e. The summed E-state index contributed by atoms with van der Waals surface area (Å²) >= 11 is 0. The molecular weight excluding hydrogens is 350 g/mol. The van der Waals surface area contributed by atoms with Crippen molar-refractivity contribution in [3.05, 3.63) is 34.0 Å². The van der Waals surface area contributed by atoms with Crippen LogP contribution in [0.3, 0.4) is 0 Å². The summed E-state index contributed by atoms with van der Waals surface area (Å²) in [5.41, 5.74) is 1.02. The van der Waals surface area contributed by atoms with E-state index in [0.717, 1.165) is 12.8 Å². The number of hydrogen-bond acceptors (Lipinski definition) is 7. The van der Waals surface area contributed by atoms with Crippen LogP contribution in [0.2, 0.25) is 0 Å². The Balaban J connectivity index is 2.44. The molecular formula is C19H27N3O5. The highest BCUT2D eigenvalue weighted by Crippen LogP contribution is 2.32. The topological polar surface area (TPSA) is 94.8 Å². The van der Waals surface area contributed by atoms with E-state index in [-0.39, 0.29) is 11.7 Å². The van der Waals surface area contributed by atoms with Gasteiger partial charge in [0.25, 0.3) is 0 Å². The van der Waals surface area contributed by atoms with Crippen molar-refractivity contribution in [1.29, 1.82) is 0 Å². The third-order valence-electron chi connectivity index (χ3n) is 4.50. The zero-order valence-corrected chi connectivity index (χ0v) is 16.3. The summed E-state index contributed by atoms with van der Waals surface area (Å²) in [4.78, 5) is 29.3. The van der Waals surface area contributed by atoms with Crippen molar-refractivity contribution in [3.8, 4) is 0 Å². The molecule has 0 unspecified atom stereocenters. The van der Waals surface area contributed by atoms with Gasteiger partial charge in [0, 0.05) is 49.7 Å². The molecule has 27 heavy (non-hydrogen) atoms. The fourth-order valence-corrected chi connectivity index (χ4v) is 3.13. The van der Waals surface area contributed by atoms with Crippen molar-refractivity contribution < 1.29 is 19.2 Å². The number of allylic oxidation sites excluding steroid dienone is 1. The number of esters is 1. The van der Waals surface area contributed by atoms with E-state index < -0.39 is 10.9 Å². The van der Waals surface area contributed by atoms with Gasteiger partial charge >= 0.3 is 11.7 Å². The fourth-order valence-electron chi connectivity index (χ4n) is 3.13. The molecule has 0 amide bonds. The number of nitrogens with zero attached hydrogens (tertiary/aromatic N) is 3. The number of rotatable bonds is 7. The first kappa shape index (κ1) is 20.8. The van der Waals surface area contributed by atoms with Crippen LogP contribution in [-0.4, -0.2) is 48.8 Å². The van der Waals surface area contributed by atoms with Crippen molar-refractivity contribution in [2.75, 3.05) is 31.8 Å². The Morgan fingerprint density at radius 1 is 1.48 bits per heavy atom. The van der Waals surface area contributed by atoms with Crippen LogP contribution in [0.25, 0.3) is 5.57 Å². The maximum atomic E-state index is 11.8. The van der Waals surface area contributed by atoms with Gasteiger partial charge < -0.3 is 14.4 Å². The van der Waals surface area contributed by atoms with Gasteiger partial charge in [-0.2, -0.15) is 0 Å². The summed E-state index contributed by atoms with van der Waals surface area (Å²) in [7, 11) is 1.29. The van der Waals surface area contributed by atoms with Crippen molar-refractivity contribution in [3.63, 3.8) is 0 Å². The predicted octanol–water partition coefficient (Wildman–Crippen LogP) is 3.21. The van der Waals surface area contributed by atoms with E-state index in [0.29, 0.717) is 42.6 Å². The van der Waals surface area contributed by atoms with Gasteiger partial charge in [-0.3, -0.25) is 10.1 Å². The highest BCUT2D eigenvalue weighted by molar-refractivity contribution is 5.91. The number of pyridine rings is 1. The second-order valence-electron chi connectivity index (χ2n) is 7.06. The number of carbonyl (C=O) groups is 1. The monoisotopic (exact) mass is 377 g/mol. The molecule has 8 heteroatoms. The second-order valence-corrected chi connectivity index (χ2v) is 7.06. The molecule has 0 atom stereocenters. The van der Waals surface area contributed by atoms with Crippen LogP contribution in [-0.2, 0) is 14.3 Å². The van der Waals surface area contributed by atoms with Crippen LogP contribution in [0.15, 0.2) is 18.3 Å². The van der Waals surface area contributed by atoms with E-state index in [4.69, 9.17) is 4.74 Å². The molecule has 1 fully saturated rings. The molecule has 1 aliphatic heterocycles. The van der Waals surface area contributed by atoms with E-state index in [1.807, 2.05) is 4.90 Å². The molecule has 0 aliphatic carbocycles. The Labute approximate surface area is 159 Å². The highest BCUT2D eigenvalue weighted by atomic mass is 16.6. The van der Waals surface area contributed by atoms with Crippen LogP contribution in [0.1, 0.15) is 39.2 Å². The quantitative estimate of drug-likeness (QED) is 0.312. The smallest absolute Gasteiger partial charge is 0.330 e. The Kier molecular flexibility index (Phi) is 7.29. The largest absolute Gasteiger partial charge is 0.466 e. The molecule has 148 valence electrons. The summed E-state index contributed by atoms with van der Waals surface area (Å²) in [5.74, 6) is 0.188. The van der Waals surface area contributed by atoms with Gasteiger partial charge in [-0.05, 0) is 31.3 Å². The summed E-state index contributed by atoms with van der Waals surface area (Å²) in [6, 6.07) is 1.63. The Bertz CT molecular complexity index is 711. The van der Waals surface area contributed by atoms with Crippen molar-refractivity contribution >= 4 is 23.0 Å². The Morgan fingerprint density at radius 3 is 2.70 bits per heavy atom. The molecule has 2 heterocycles. The lowest BCUT2D eigenvalue weighted by Gasteiger charge is -2.36. The van der Waals surface area contributed by atoms with Crippen LogP contribution >= 0.6 is 0 Å². The maximum absolute atomic E-state index is 11.8. The predicted molar refractivity (Wildman–Crippen MR) is 103 cm³/mol. The van der Waals surface area contributed by atoms with E-state index in [1.54, 1.807) is 13.1 Å². The molecule has 1 saturated heterocycles. The SMILES string of the molecule is COC(=O)/C=C(\C)c1cnc(N(CC(C)C)C2CCOCC2)c([N+](=O)[O-])c1. The lowest BCUT2D eigenvalue weighted by molar-refractivity contribution is -0.384. The van der Waals surface area contributed by atoms with E-state index in [2.05, 4.69) is 23.6 Å². The third-order valence-corrected chi connectivity index (χ3v) is 4.50. The molecule has 1 aliphatic rings. The lowest BCUT2D eigenvalue weighted by Crippen LogP contribution is -2.42. The van der Waals surface area contributed by atoms with E-state index >= 15 is 0 Å². The van der Waals surface area contributed by atoms with Crippen LogP contribution in [0.4, 0.5) is 11.5 Å². The molecule has 0 saturated carbocycles. The first-order chi connectivity index (χ1) is 12.8. The summed E-state index contributed by atoms with van der Waals surface area (Å²) < 4.78 is 10.0. The van der Waals surface area contributed by atoms with Gasteiger partial charge in [0.05, 0.1) is 12.0 Å². The minimum atomic E-state index is -0.511. The average molecular weight is 377 g/mol. The van der Waals surface area contributed by atoms with Crippen LogP contribution in [0.5, 0.6) is 0 Å². The number of methoxy groups -OCH3 is 1. The number of nitro groups is 1. The molecule has 0 radical (unpaired) electrons. The van der Waals surface area contributed by atoms with Crippen molar-refractivity contribution in [2.45, 2.75) is 39.7 Å². The number of hydrogen-bond donors (Lipinski definition) is 0. The standard InChI is InChI=1S/C19H27N3O5/c1-13(2)12-21(16-5-7-27-8-6-16)19-17(22(24)25)10-15(11-20-19)14(3)9-18(23)26-4/h9-11,13,16H,5-8,12H2,1-4H3/b14-9+. The van der Waals surface area contributed by atoms with Gasteiger partial charge in [0.1, 0.15) is 0 Å². The first-order valence-corrected chi connectivity index (χ1v) is 9.09. The normalized spacial score (nSPS) is 15.7. The summed E-state index contributed by atoms with van der Waals surface area (Å²) in [6.07, 6.45) is 4.50. The second kappa shape index (κ2) is 9.45. The van der Waals surface area contributed by atoms with Gasteiger partial charge in [0.15, 0.2) is 0 Å². The van der Waals surface area contributed by atoms with E-state index in [1.165, 1.54) is 19.3 Å². The number of ether oxygens (including phenoxy) is 2. The Hall–Kier alpha value is -2.48. The van der Waals surface area contributed by atoms with Crippen LogP contribution < -0.4 is 4.90 Å². The third kappa shape index (κ3) is 5.50. The number of anilines is 1. The fraction of sp³-hybridized carbons (Fsp3) is 0.579. The van der Waals surface area contributed by atoms with Gasteiger partial charge in [0.2, 0.25) is 5.82 Å². The molecule has 0 bridgehead atoms. The van der Waals surface area contributed by atoms with Gasteiger partial charge in [-0.15, -0.1) is 0 Å². The Morgan fingerprint density at radius 2 is 2.15 bits per heavy atom. The number of aromatic nitrogens is 1. The van der Waals surface area contributed by atoms with Crippen molar-refractivity contribution in [1.82, 2.24) is 4.98 Å². The summed E-state index contributed by atoms with van der Waals surface area (Å²) in [6.45, 7) is 7.82. The first-order valence-electron chi connectivity index (χ1n) is 9.09. The molecule has 1 aromatic rings. The summed E-state index contributed by atoms with van der Waals surface area (Å²) in [5, 5.41) is 11.8. The number of carbonyl (C=O) groups excluding carboxylic acids is 1. The van der Waals surface area contributed by atoms with E-state index in [9.17, 15) is 14.9 Å². The van der Waals surface area contributed by atoms with Gasteiger partial charge in [-0.25, -0.2) is 9.78 Å². The lowest BCUT2D eigenvalue weighted by atomic mass is 10.0. The zero-order chi connectivity index (χ0) is 20.0. The van der Waals surface area contributed by atoms with Crippen LogP contribution in [0, 0.1) is 16.0 Å². The molecule has 8 nitrogen and oxygen atoms in total. The zero-order valence-electron chi connectivity index (χ0n) is 16.3. The maximum Gasteiger partial charge on any atom is 0.330 e. The van der Waals surface area contributed by atoms with Gasteiger partial charge in [-0.1, -0.05) is 13.8 Å². The molecule has 2 rings (SSSR count).